The summed E-state index contributed by atoms with van der Waals surface area (Å²) < 4.78 is 0. The first-order valence-electron chi connectivity index (χ1n) is 9.46. The van der Waals surface area contributed by atoms with Gasteiger partial charge >= 0.3 is 0 Å². The molecular weight excluding hydrogens is 354 g/mol. The van der Waals surface area contributed by atoms with Crippen molar-refractivity contribution in [3.63, 3.8) is 0 Å². The van der Waals surface area contributed by atoms with E-state index in [1.54, 1.807) is 17.0 Å². The van der Waals surface area contributed by atoms with Crippen LogP contribution in [-0.2, 0) is 26.3 Å². The predicted molar refractivity (Wildman–Crippen MR) is 107 cm³/mol. The van der Waals surface area contributed by atoms with Crippen molar-refractivity contribution in [2.45, 2.75) is 44.7 Å². The maximum atomic E-state index is 12.9. The van der Waals surface area contributed by atoms with Crippen LogP contribution < -0.4 is 10.6 Å². The van der Waals surface area contributed by atoms with E-state index in [9.17, 15) is 14.4 Å². The van der Waals surface area contributed by atoms with Gasteiger partial charge in [0.25, 0.3) is 0 Å². The largest absolute Gasteiger partial charge is 0.326 e. The summed E-state index contributed by atoms with van der Waals surface area (Å²) in [5.74, 6) is -0.257. The van der Waals surface area contributed by atoms with Gasteiger partial charge in [0.05, 0.1) is 5.41 Å². The summed E-state index contributed by atoms with van der Waals surface area (Å²) in [4.78, 5) is 39.0. The van der Waals surface area contributed by atoms with E-state index >= 15 is 0 Å². The molecule has 144 valence electrons. The number of amides is 3. The summed E-state index contributed by atoms with van der Waals surface area (Å²) >= 11 is 0. The molecule has 2 aliphatic rings. The molecule has 0 aliphatic carbocycles. The van der Waals surface area contributed by atoms with Crippen LogP contribution in [0.2, 0.25) is 0 Å². The zero-order valence-electron chi connectivity index (χ0n) is 16.0. The first-order valence-corrected chi connectivity index (χ1v) is 9.46. The minimum absolute atomic E-state index is 0.00566. The van der Waals surface area contributed by atoms with Crippen molar-refractivity contribution in [1.82, 2.24) is 4.90 Å². The van der Waals surface area contributed by atoms with E-state index in [0.717, 1.165) is 16.8 Å². The molecule has 1 fully saturated rings. The summed E-state index contributed by atoms with van der Waals surface area (Å²) in [5, 5.41) is 5.79. The first-order chi connectivity index (χ1) is 13.4. The molecule has 0 saturated carbocycles. The lowest BCUT2D eigenvalue weighted by molar-refractivity contribution is -0.133. The third-order valence-corrected chi connectivity index (χ3v) is 5.60. The Morgan fingerprint density at radius 1 is 1.18 bits per heavy atom. The van der Waals surface area contributed by atoms with Gasteiger partial charge in [-0.2, -0.15) is 0 Å². The van der Waals surface area contributed by atoms with Gasteiger partial charge in [-0.05, 0) is 49.6 Å². The van der Waals surface area contributed by atoms with Gasteiger partial charge in [0.15, 0.2) is 0 Å². The van der Waals surface area contributed by atoms with Crippen LogP contribution in [0, 0.1) is 0 Å². The van der Waals surface area contributed by atoms with Crippen molar-refractivity contribution in [1.29, 1.82) is 0 Å². The minimum atomic E-state index is -0.640. The fraction of sp³-hybridized carbons (Fsp3) is 0.318. The van der Waals surface area contributed by atoms with E-state index < -0.39 is 11.5 Å². The number of carbonyl (C=O) groups is 3. The number of rotatable bonds is 4. The van der Waals surface area contributed by atoms with Crippen LogP contribution in [0.3, 0.4) is 0 Å². The molecule has 0 spiro atoms. The van der Waals surface area contributed by atoms with Crippen molar-refractivity contribution in [3.8, 4) is 0 Å². The number of fused-ring (bicyclic) bond motifs is 1. The topological polar surface area (TPSA) is 78.5 Å². The lowest BCUT2D eigenvalue weighted by Gasteiger charge is -2.24. The van der Waals surface area contributed by atoms with E-state index in [-0.39, 0.29) is 17.7 Å². The van der Waals surface area contributed by atoms with Crippen molar-refractivity contribution in [2.75, 3.05) is 10.6 Å². The number of nitrogens with one attached hydrogen (secondary N) is 2. The molecule has 1 saturated heterocycles. The number of carbonyl (C=O) groups excluding carboxylic acids is 3. The molecule has 1 unspecified atom stereocenters. The summed E-state index contributed by atoms with van der Waals surface area (Å²) in [6.07, 6.45) is 0.883. The Balaban J connectivity index is 1.51. The van der Waals surface area contributed by atoms with Crippen LogP contribution in [0.1, 0.15) is 37.8 Å². The summed E-state index contributed by atoms with van der Waals surface area (Å²) in [6.45, 7) is 4.14. The fourth-order valence-corrected chi connectivity index (χ4v) is 3.86. The molecular formula is C22H23N3O3. The molecule has 0 bridgehead atoms. The number of hydrogen-bond acceptors (Lipinski definition) is 3. The van der Waals surface area contributed by atoms with Crippen LogP contribution in [0.5, 0.6) is 0 Å². The van der Waals surface area contributed by atoms with E-state index in [1.807, 2.05) is 50.2 Å². The van der Waals surface area contributed by atoms with E-state index in [0.29, 0.717) is 25.1 Å². The maximum absolute atomic E-state index is 12.9. The van der Waals surface area contributed by atoms with Gasteiger partial charge in [0, 0.05) is 24.3 Å². The monoisotopic (exact) mass is 377 g/mol. The van der Waals surface area contributed by atoms with Crippen LogP contribution in [0.4, 0.5) is 11.4 Å². The van der Waals surface area contributed by atoms with Crippen molar-refractivity contribution < 1.29 is 14.4 Å². The van der Waals surface area contributed by atoms with Crippen molar-refractivity contribution >= 4 is 29.1 Å². The Morgan fingerprint density at radius 2 is 1.93 bits per heavy atom. The van der Waals surface area contributed by atoms with Gasteiger partial charge in [0.1, 0.15) is 6.04 Å². The van der Waals surface area contributed by atoms with Crippen molar-refractivity contribution in [3.05, 3.63) is 59.7 Å². The van der Waals surface area contributed by atoms with Crippen LogP contribution >= 0.6 is 0 Å². The smallest absolute Gasteiger partial charge is 0.247 e. The lowest BCUT2D eigenvalue weighted by atomic mass is 9.86. The minimum Gasteiger partial charge on any atom is -0.326 e. The predicted octanol–water partition coefficient (Wildman–Crippen LogP) is 3.05. The van der Waals surface area contributed by atoms with Gasteiger partial charge in [-0.25, -0.2) is 0 Å². The average Bonchev–Trinajstić information content (AvgIpc) is 3.14. The summed E-state index contributed by atoms with van der Waals surface area (Å²) in [5.41, 5.74) is 2.62. The Kier molecular flexibility index (Phi) is 4.41. The molecule has 0 radical (unpaired) electrons. The molecule has 1 atom stereocenters. The lowest BCUT2D eigenvalue weighted by Crippen LogP contribution is -2.41. The molecule has 4 rings (SSSR count). The van der Waals surface area contributed by atoms with E-state index in [4.69, 9.17) is 0 Å². The van der Waals surface area contributed by atoms with Crippen LogP contribution in [0.25, 0.3) is 0 Å². The molecule has 6 nitrogen and oxygen atoms in total. The molecule has 2 heterocycles. The quantitative estimate of drug-likeness (QED) is 0.860. The highest BCUT2D eigenvalue weighted by Gasteiger charge is 2.39. The Hall–Kier alpha value is -3.15. The normalized spacial score (nSPS) is 20.1. The molecule has 2 N–H and O–H groups in total. The summed E-state index contributed by atoms with van der Waals surface area (Å²) in [6, 6.07) is 14.6. The zero-order valence-corrected chi connectivity index (χ0v) is 16.0. The number of nitrogens with zero attached hydrogens (tertiary/aromatic N) is 1. The molecule has 0 aromatic heterocycles. The third-order valence-electron chi connectivity index (χ3n) is 5.60. The van der Waals surface area contributed by atoms with Gasteiger partial charge in [-0.15, -0.1) is 0 Å². The molecule has 2 aromatic rings. The van der Waals surface area contributed by atoms with Gasteiger partial charge in [-0.1, -0.05) is 30.3 Å². The van der Waals surface area contributed by atoms with Crippen molar-refractivity contribution in [2.24, 2.45) is 0 Å². The third kappa shape index (κ3) is 3.15. The Labute approximate surface area is 163 Å². The second-order valence-corrected chi connectivity index (χ2v) is 7.89. The van der Waals surface area contributed by atoms with Gasteiger partial charge < -0.3 is 15.5 Å². The highest BCUT2D eigenvalue weighted by Crippen LogP contribution is 2.38. The number of benzene rings is 2. The van der Waals surface area contributed by atoms with Crippen LogP contribution in [-0.4, -0.2) is 28.7 Å². The highest BCUT2D eigenvalue weighted by atomic mass is 16.2. The SMILES string of the molecule is CC1(C)C(=O)Nc2ccc(NC(=O)C3CCC(=O)N3Cc3ccccc3)cc21. The molecule has 2 aliphatic heterocycles. The number of hydrogen-bond donors (Lipinski definition) is 2. The second kappa shape index (κ2) is 6.78. The molecule has 2 aromatic carbocycles. The van der Waals surface area contributed by atoms with Gasteiger partial charge in [0.2, 0.25) is 17.7 Å². The van der Waals surface area contributed by atoms with E-state index in [2.05, 4.69) is 10.6 Å². The average molecular weight is 377 g/mol. The maximum Gasteiger partial charge on any atom is 0.247 e. The molecule has 3 amide bonds. The van der Waals surface area contributed by atoms with Gasteiger partial charge in [-0.3, -0.25) is 14.4 Å². The zero-order chi connectivity index (χ0) is 19.9. The Bertz CT molecular complexity index is 953. The number of anilines is 2. The standard InChI is InChI=1S/C22H23N3O3/c1-22(2)16-12-15(8-9-17(16)24-21(22)28)23-20(27)18-10-11-19(26)25(18)13-14-6-4-3-5-7-14/h3-9,12,18H,10-11,13H2,1-2H3,(H,23,27)(H,24,28). The molecule has 6 heteroatoms. The highest BCUT2D eigenvalue weighted by molar-refractivity contribution is 6.06. The fourth-order valence-electron chi connectivity index (χ4n) is 3.86. The molecule has 28 heavy (non-hydrogen) atoms. The van der Waals surface area contributed by atoms with Crippen LogP contribution in [0.15, 0.2) is 48.5 Å². The first kappa shape index (κ1) is 18.2. The number of likely N-dealkylation sites (tertiary alicyclic amines) is 1. The van der Waals surface area contributed by atoms with E-state index in [1.165, 1.54) is 0 Å². The summed E-state index contributed by atoms with van der Waals surface area (Å²) in [7, 11) is 0. The Morgan fingerprint density at radius 3 is 2.68 bits per heavy atom. The second-order valence-electron chi connectivity index (χ2n) is 7.89.